The van der Waals surface area contributed by atoms with E-state index in [1.807, 2.05) is 13.0 Å². The van der Waals surface area contributed by atoms with E-state index in [0.717, 1.165) is 33.3 Å². The smallest absolute Gasteiger partial charge is 0.131 e. The first-order valence-corrected chi connectivity index (χ1v) is 8.49. The third kappa shape index (κ3) is 3.71. The largest absolute Gasteiger partial charge is 0.306 e. The minimum Gasteiger partial charge on any atom is -0.306 e. The molecule has 1 atom stereocenters. The van der Waals surface area contributed by atoms with Gasteiger partial charge in [0.25, 0.3) is 0 Å². The number of benzene rings is 1. The highest BCUT2D eigenvalue weighted by Gasteiger charge is 2.22. The molecule has 0 aliphatic carbocycles. The molecule has 0 saturated carbocycles. The lowest BCUT2D eigenvalue weighted by molar-refractivity contribution is 0.530. The van der Waals surface area contributed by atoms with Gasteiger partial charge >= 0.3 is 0 Å². The van der Waals surface area contributed by atoms with Crippen molar-refractivity contribution in [3.63, 3.8) is 0 Å². The zero-order valence-corrected chi connectivity index (χ0v) is 14.7. The van der Waals surface area contributed by atoms with Crippen LogP contribution in [0.4, 0.5) is 8.78 Å². The normalized spacial score (nSPS) is 12.7. The summed E-state index contributed by atoms with van der Waals surface area (Å²) < 4.78 is 28.8. The Morgan fingerprint density at radius 1 is 1.14 bits per heavy atom. The molecule has 0 amide bonds. The third-order valence-electron chi connectivity index (χ3n) is 3.42. The van der Waals surface area contributed by atoms with Crippen molar-refractivity contribution >= 4 is 27.3 Å². The molecule has 5 heteroatoms. The third-order valence-corrected chi connectivity index (χ3v) is 4.99. The van der Waals surface area contributed by atoms with Gasteiger partial charge in [0.15, 0.2) is 0 Å². The molecule has 1 N–H and O–H groups in total. The molecular formula is C16H18BrF2NS. The highest BCUT2D eigenvalue weighted by Crippen LogP contribution is 2.35. The molecule has 21 heavy (non-hydrogen) atoms. The second-order valence-electron chi connectivity index (χ2n) is 5.07. The topological polar surface area (TPSA) is 12.0 Å². The minimum absolute atomic E-state index is 0.258. The zero-order chi connectivity index (χ0) is 15.6. The number of thiophene rings is 1. The van der Waals surface area contributed by atoms with Crippen molar-refractivity contribution in [3.05, 3.63) is 55.2 Å². The summed E-state index contributed by atoms with van der Waals surface area (Å²) >= 11 is 5.09. The fourth-order valence-corrected chi connectivity index (χ4v) is 4.07. The van der Waals surface area contributed by atoms with Gasteiger partial charge in [-0.05, 0) is 66.0 Å². The van der Waals surface area contributed by atoms with Gasteiger partial charge in [-0.2, -0.15) is 0 Å². The fraction of sp³-hybridized carbons (Fsp3) is 0.375. The standard InChI is InChI=1S/C16H18BrF2NS/c1-4-5-20-16(11-7-15(17)21-10(11)3)12-6-9(2)13(18)8-14(12)19/h6-8,16,20H,4-5H2,1-3H3. The summed E-state index contributed by atoms with van der Waals surface area (Å²) in [5.74, 6) is -1.01. The predicted molar refractivity (Wildman–Crippen MR) is 88.0 cm³/mol. The van der Waals surface area contributed by atoms with Crippen molar-refractivity contribution in [1.29, 1.82) is 0 Å². The lowest BCUT2D eigenvalue weighted by Gasteiger charge is -2.20. The van der Waals surface area contributed by atoms with Crippen LogP contribution in [0, 0.1) is 25.5 Å². The minimum atomic E-state index is -0.506. The Hall–Kier alpha value is -0.780. The van der Waals surface area contributed by atoms with Crippen LogP contribution in [0.3, 0.4) is 0 Å². The molecule has 2 rings (SSSR count). The highest BCUT2D eigenvalue weighted by molar-refractivity contribution is 9.11. The van der Waals surface area contributed by atoms with E-state index in [1.54, 1.807) is 24.3 Å². The maximum atomic E-state index is 14.2. The predicted octanol–water partition coefficient (Wildman–Crippen LogP) is 5.49. The van der Waals surface area contributed by atoms with Crippen molar-refractivity contribution < 1.29 is 8.78 Å². The van der Waals surface area contributed by atoms with E-state index in [0.29, 0.717) is 11.1 Å². The SMILES string of the molecule is CCCNC(c1cc(C)c(F)cc1F)c1cc(Br)sc1C. The Labute approximate surface area is 136 Å². The monoisotopic (exact) mass is 373 g/mol. The summed E-state index contributed by atoms with van der Waals surface area (Å²) in [7, 11) is 0. The molecule has 0 aliphatic rings. The fourth-order valence-electron chi connectivity index (χ4n) is 2.32. The molecular weight excluding hydrogens is 356 g/mol. The van der Waals surface area contributed by atoms with Crippen molar-refractivity contribution in [2.75, 3.05) is 6.54 Å². The number of hydrogen-bond donors (Lipinski definition) is 1. The number of rotatable bonds is 5. The van der Waals surface area contributed by atoms with Crippen LogP contribution in [0.5, 0.6) is 0 Å². The van der Waals surface area contributed by atoms with Crippen LogP contribution >= 0.6 is 27.3 Å². The van der Waals surface area contributed by atoms with Gasteiger partial charge in [0.05, 0.1) is 9.83 Å². The van der Waals surface area contributed by atoms with Gasteiger partial charge < -0.3 is 5.32 Å². The van der Waals surface area contributed by atoms with E-state index in [2.05, 4.69) is 28.2 Å². The van der Waals surface area contributed by atoms with Gasteiger partial charge in [-0.3, -0.25) is 0 Å². The van der Waals surface area contributed by atoms with E-state index < -0.39 is 11.6 Å². The molecule has 0 radical (unpaired) electrons. The molecule has 0 saturated heterocycles. The molecule has 0 aliphatic heterocycles. The Balaban J connectivity index is 2.50. The zero-order valence-electron chi connectivity index (χ0n) is 12.3. The van der Waals surface area contributed by atoms with Crippen LogP contribution in [0.25, 0.3) is 0 Å². The Bertz CT molecular complexity index is 639. The quantitative estimate of drug-likeness (QED) is 0.729. The van der Waals surface area contributed by atoms with Gasteiger partial charge in [0, 0.05) is 16.5 Å². The van der Waals surface area contributed by atoms with E-state index in [1.165, 1.54) is 0 Å². The van der Waals surface area contributed by atoms with Crippen LogP contribution in [-0.4, -0.2) is 6.54 Å². The van der Waals surface area contributed by atoms with E-state index in [-0.39, 0.29) is 6.04 Å². The average Bonchev–Trinajstić information content (AvgIpc) is 2.75. The lowest BCUT2D eigenvalue weighted by Crippen LogP contribution is -2.24. The molecule has 1 aromatic heterocycles. The van der Waals surface area contributed by atoms with Crippen LogP contribution < -0.4 is 5.32 Å². The highest BCUT2D eigenvalue weighted by atomic mass is 79.9. The van der Waals surface area contributed by atoms with E-state index in [4.69, 9.17) is 0 Å². The van der Waals surface area contributed by atoms with Crippen LogP contribution in [-0.2, 0) is 0 Å². The molecule has 1 heterocycles. The second-order valence-corrected chi connectivity index (χ2v) is 7.71. The number of nitrogens with one attached hydrogen (secondary N) is 1. The van der Waals surface area contributed by atoms with Gasteiger partial charge in [0.2, 0.25) is 0 Å². The Kier molecular flexibility index (Phi) is 5.52. The molecule has 0 spiro atoms. The summed E-state index contributed by atoms with van der Waals surface area (Å²) in [6, 6.07) is 4.32. The van der Waals surface area contributed by atoms with Crippen LogP contribution in [0.2, 0.25) is 0 Å². The lowest BCUT2D eigenvalue weighted by atomic mass is 9.97. The number of hydrogen-bond acceptors (Lipinski definition) is 2. The number of halogens is 3. The van der Waals surface area contributed by atoms with Crippen molar-refractivity contribution in [2.45, 2.75) is 33.2 Å². The van der Waals surface area contributed by atoms with E-state index in [9.17, 15) is 8.78 Å². The first kappa shape index (κ1) is 16.6. The first-order valence-electron chi connectivity index (χ1n) is 6.88. The summed E-state index contributed by atoms with van der Waals surface area (Å²) in [4.78, 5) is 1.12. The molecule has 1 nitrogen and oxygen atoms in total. The summed E-state index contributed by atoms with van der Waals surface area (Å²) in [5.41, 5.74) is 1.99. The summed E-state index contributed by atoms with van der Waals surface area (Å²) in [6.07, 6.45) is 0.947. The second kappa shape index (κ2) is 6.99. The van der Waals surface area contributed by atoms with Gasteiger partial charge in [-0.25, -0.2) is 8.78 Å². The van der Waals surface area contributed by atoms with Crippen molar-refractivity contribution in [2.24, 2.45) is 0 Å². The van der Waals surface area contributed by atoms with Crippen molar-refractivity contribution in [3.8, 4) is 0 Å². The Morgan fingerprint density at radius 2 is 1.86 bits per heavy atom. The molecule has 1 unspecified atom stereocenters. The van der Waals surface area contributed by atoms with Gasteiger partial charge in [-0.15, -0.1) is 11.3 Å². The first-order chi connectivity index (χ1) is 9.93. The molecule has 2 aromatic rings. The Morgan fingerprint density at radius 3 is 2.43 bits per heavy atom. The summed E-state index contributed by atoms with van der Waals surface area (Å²) in [5, 5.41) is 3.37. The maximum Gasteiger partial charge on any atom is 0.131 e. The maximum absolute atomic E-state index is 14.2. The van der Waals surface area contributed by atoms with E-state index >= 15 is 0 Å². The van der Waals surface area contributed by atoms with Crippen molar-refractivity contribution in [1.82, 2.24) is 5.32 Å². The average molecular weight is 374 g/mol. The van der Waals surface area contributed by atoms with Gasteiger partial charge in [0.1, 0.15) is 11.6 Å². The van der Waals surface area contributed by atoms with Crippen LogP contribution in [0.15, 0.2) is 22.0 Å². The molecule has 0 bridgehead atoms. The van der Waals surface area contributed by atoms with Gasteiger partial charge in [-0.1, -0.05) is 6.92 Å². The molecule has 0 fully saturated rings. The molecule has 1 aromatic carbocycles. The molecule has 114 valence electrons. The summed E-state index contributed by atoms with van der Waals surface area (Å²) in [6.45, 7) is 6.51. The number of aryl methyl sites for hydroxylation is 2. The van der Waals surface area contributed by atoms with Crippen LogP contribution in [0.1, 0.15) is 41.0 Å².